The molecule has 0 unspecified atom stereocenters. The lowest BCUT2D eigenvalue weighted by Crippen LogP contribution is -2.51. The average Bonchev–Trinajstić information content (AvgIpc) is 2.62. The summed E-state index contributed by atoms with van der Waals surface area (Å²) in [7, 11) is 1.63. The minimum Gasteiger partial charge on any atom is -0.383 e. The van der Waals surface area contributed by atoms with E-state index in [9.17, 15) is 4.79 Å². The number of methoxy groups -OCH3 is 1. The lowest BCUT2D eigenvalue weighted by Gasteiger charge is -2.20. The first-order valence-corrected chi connectivity index (χ1v) is 8.48. The summed E-state index contributed by atoms with van der Waals surface area (Å²) in [6.07, 6.45) is 0. The molecule has 0 radical (unpaired) electrons. The van der Waals surface area contributed by atoms with Crippen molar-refractivity contribution in [2.24, 2.45) is 0 Å². The van der Waals surface area contributed by atoms with Gasteiger partial charge in [-0.3, -0.25) is 15.6 Å². The monoisotopic (exact) mass is 357 g/mol. The molecule has 0 fully saturated rings. The highest BCUT2D eigenvalue weighted by Gasteiger charge is 2.22. The summed E-state index contributed by atoms with van der Waals surface area (Å²) in [5, 5.41) is 3.38. The van der Waals surface area contributed by atoms with Crippen LogP contribution in [0.25, 0.3) is 0 Å². The number of rotatable bonds is 6. The molecule has 0 aromatic heterocycles. The molecule has 25 heavy (non-hydrogen) atoms. The van der Waals surface area contributed by atoms with Gasteiger partial charge in [0.05, 0.1) is 12.5 Å². The predicted molar refractivity (Wildman–Crippen MR) is 103 cm³/mol. The van der Waals surface area contributed by atoms with Gasteiger partial charge in [0.1, 0.15) is 0 Å². The van der Waals surface area contributed by atoms with Crippen LogP contribution in [0.2, 0.25) is 0 Å². The van der Waals surface area contributed by atoms with E-state index in [0.29, 0.717) is 11.7 Å². The third kappa shape index (κ3) is 5.85. The van der Waals surface area contributed by atoms with Gasteiger partial charge in [-0.15, -0.1) is 0 Å². The van der Waals surface area contributed by atoms with Gasteiger partial charge < -0.3 is 10.1 Å². The Morgan fingerprint density at radius 2 is 1.52 bits per heavy atom. The number of thiocarbonyl (C=S) groups is 1. The van der Waals surface area contributed by atoms with Gasteiger partial charge in [0, 0.05) is 13.2 Å². The molecule has 6 heteroatoms. The normalized spacial score (nSPS) is 11.6. The molecule has 0 aliphatic carbocycles. The number of amides is 1. The summed E-state index contributed by atoms with van der Waals surface area (Å²) >= 11 is 5.19. The maximum absolute atomic E-state index is 12.8. The SMILES string of the molecule is COC[C@H](C)NC(=S)NNC(=O)C(c1ccccc1)c1ccccc1. The van der Waals surface area contributed by atoms with Gasteiger partial charge in [-0.1, -0.05) is 60.7 Å². The zero-order valence-corrected chi connectivity index (χ0v) is 15.2. The van der Waals surface area contributed by atoms with Crippen molar-refractivity contribution in [2.45, 2.75) is 18.9 Å². The molecule has 2 aromatic rings. The summed E-state index contributed by atoms with van der Waals surface area (Å²) < 4.78 is 5.05. The molecule has 0 bridgehead atoms. The van der Waals surface area contributed by atoms with Crippen molar-refractivity contribution in [3.63, 3.8) is 0 Å². The summed E-state index contributed by atoms with van der Waals surface area (Å²) in [6, 6.07) is 19.3. The van der Waals surface area contributed by atoms with E-state index in [1.165, 1.54) is 0 Å². The fourth-order valence-corrected chi connectivity index (χ4v) is 2.78. The van der Waals surface area contributed by atoms with Gasteiger partial charge in [0.2, 0.25) is 5.91 Å². The minimum atomic E-state index is -0.422. The second kappa shape index (κ2) is 9.76. The zero-order chi connectivity index (χ0) is 18.1. The maximum atomic E-state index is 12.8. The number of carbonyl (C=O) groups is 1. The summed E-state index contributed by atoms with van der Waals surface area (Å²) in [4.78, 5) is 12.8. The Bertz CT molecular complexity index is 640. The average molecular weight is 357 g/mol. The fraction of sp³-hybridized carbons (Fsp3) is 0.263. The van der Waals surface area contributed by atoms with Crippen molar-refractivity contribution in [3.05, 3.63) is 71.8 Å². The molecular weight excluding hydrogens is 334 g/mol. The Morgan fingerprint density at radius 3 is 2.00 bits per heavy atom. The molecule has 1 amide bonds. The van der Waals surface area contributed by atoms with Crippen LogP contribution < -0.4 is 16.2 Å². The Labute approximate surface area is 153 Å². The molecule has 0 aliphatic heterocycles. The van der Waals surface area contributed by atoms with E-state index in [2.05, 4.69) is 16.2 Å². The molecular formula is C19H23N3O2S. The highest BCUT2D eigenvalue weighted by atomic mass is 32.1. The molecule has 5 nitrogen and oxygen atoms in total. The maximum Gasteiger partial charge on any atom is 0.250 e. The second-order valence-electron chi connectivity index (χ2n) is 5.70. The number of hydrazine groups is 1. The molecule has 0 aliphatic rings. The van der Waals surface area contributed by atoms with E-state index in [0.717, 1.165) is 11.1 Å². The van der Waals surface area contributed by atoms with E-state index >= 15 is 0 Å². The number of nitrogens with one attached hydrogen (secondary N) is 3. The lowest BCUT2D eigenvalue weighted by molar-refractivity contribution is -0.122. The van der Waals surface area contributed by atoms with Crippen molar-refractivity contribution in [3.8, 4) is 0 Å². The third-order valence-corrected chi connectivity index (χ3v) is 3.84. The van der Waals surface area contributed by atoms with Gasteiger partial charge >= 0.3 is 0 Å². The lowest BCUT2D eigenvalue weighted by atomic mass is 9.91. The van der Waals surface area contributed by atoms with Crippen LogP contribution in [-0.2, 0) is 9.53 Å². The largest absolute Gasteiger partial charge is 0.383 e. The van der Waals surface area contributed by atoms with Gasteiger partial charge in [-0.2, -0.15) is 0 Å². The molecule has 2 aromatic carbocycles. The summed E-state index contributed by atoms with van der Waals surface area (Å²) in [6.45, 7) is 2.46. The van der Waals surface area contributed by atoms with E-state index in [1.54, 1.807) is 7.11 Å². The Morgan fingerprint density at radius 1 is 1.00 bits per heavy atom. The van der Waals surface area contributed by atoms with Gasteiger partial charge in [-0.05, 0) is 30.3 Å². The first kappa shape index (κ1) is 18.9. The van der Waals surface area contributed by atoms with Gasteiger partial charge in [0.15, 0.2) is 5.11 Å². The van der Waals surface area contributed by atoms with Crippen LogP contribution in [0, 0.1) is 0 Å². The Hall–Kier alpha value is -2.44. The van der Waals surface area contributed by atoms with E-state index in [4.69, 9.17) is 17.0 Å². The van der Waals surface area contributed by atoms with Crippen LogP contribution >= 0.6 is 12.2 Å². The van der Waals surface area contributed by atoms with Crippen LogP contribution in [0.4, 0.5) is 0 Å². The minimum absolute atomic E-state index is 0.0425. The van der Waals surface area contributed by atoms with E-state index in [1.807, 2.05) is 67.6 Å². The predicted octanol–water partition coefficient (Wildman–Crippen LogP) is 2.35. The van der Waals surface area contributed by atoms with Crippen molar-refractivity contribution in [2.75, 3.05) is 13.7 Å². The summed E-state index contributed by atoms with van der Waals surface area (Å²) in [5.41, 5.74) is 7.28. The molecule has 0 spiro atoms. The molecule has 0 saturated heterocycles. The number of hydrogen-bond acceptors (Lipinski definition) is 3. The first-order valence-electron chi connectivity index (χ1n) is 8.07. The van der Waals surface area contributed by atoms with Crippen LogP contribution in [0.5, 0.6) is 0 Å². The molecule has 3 N–H and O–H groups in total. The highest BCUT2D eigenvalue weighted by molar-refractivity contribution is 7.80. The molecule has 1 atom stereocenters. The van der Waals surface area contributed by atoms with Crippen molar-refractivity contribution < 1.29 is 9.53 Å². The highest BCUT2D eigenvalue weighted by Crippen LogP contribution is 2.24. The summed E-state index contributed by atoms with van der Waals surface area (Å²) in [5.74, 6) is -0.602. The Kier molecular flexibility index (Phi) is 7.37. The van der Waals surface area contributed by atoms with Gasteiger partial charge in [-0.25, -0.2) is 0 Å². The van der Waals surface area contributed by atoms with Crippen molar-refractivity contribution in [1.82, 2.24) is 16.2 Å². The van der Waals surface area contributed by atoms with Crippen LogP contribution in [0.3, 0.4) is 0 Å². The molecule has 132 valence electrons. The molecule has 0 heterocycles. The number of benzene rings is 2. The number of ether oxygens (including phenoxy) is 1. The quantitative estimate of drug-likeness (QED) is 0.547. The van der Waals surface area contributed by atoms with Crippen molar-refractivity contribution >= 4 is 23.2 Å². The first-order chi connectivity index (χ1) is 12.1. The fourth-order valence-electron chi connectivity index (χ4n) is 2.53. The topological polar surface area (TPSA) is 62.4 Å². The van der Waals surface area contributed by atoms with Crippen LogP contribution in [0.15, 0.2) is 60.7 Å². The van der Waals surface area contributed by atoms with E-state index < -0.39 is 5.92 Å². The third-order valence-electron chi connectivity index (χ3n) is 3.62. The van der Waals surface area contributed by atoms with Gasteiger partial charge in [0.25, 0.3) is 0 Å². The molecule has 0 saturated carbocycles. The van der Waals surface area contributed by atoms with Crippen LogP contribution in [-0.4, -0.2) is 30.8 Å². The number of carbonyl (C=O) groups excluding carboxylic acids is 1. The second-order valence-corrected chi connectivity index (χ2v) is 6.11. The van der Waals surface area contributed by atoms with Crippen LogP contribution in [0.1, 0.15) is 24.0 Å². The molecule has 2 rings (SSSR count). The zero-order valence-electron chi connectivity index (χ0n) is 14.4. The smallest absolute Gasteiger partial charge is 0.250 e. The van der Waals surface area contributed by atoms with E-state index in [-0.39, 0.29) is 11.9 Å². The standard InChI is InChI=1S/C19H23N3O2S/c1-14(13-24-2)20-19(25)22-21-18(23)17(15-9-5-3-6-10-15)16-11-7-4-8-12-16/h3-12,14,17H,13H2,1-2H3,(H,21,23)(H2,20,22,25)/t14-/m0/s1. The Balaban J connectivity index is 2.05. The number of hydrogen-bond donors (Lipinski definition) is 3. The van der Waals surface area contributed by atoms with Crippen molar-refractivity contribution in [1.29, 1.82) is 0 Å².